The monoisotopic (exact) mass is 371 g/mol. The van der Waals surface area contributed by atoms with Gasteiger partial charge in [0.25, 0.3) is 5.91 Å². The van der Waals surface area contributed by atoms with Crippen molar-refractivity contribution in [2.45, 2.75) is 39.5 Å². The van der Waals surface area contributed by atoms with E-state index in [-0.39, 0.29) is 24.7 Å². The predicted octanol–water partition coefficient (Wildman–Crippen LogP) is 3.57. The largest absolute Gasteiger partial charge is 0.482 e. The molecular weight excluding hydrogens is 346 g/mol. The molecule has 0 saturated heterocycles. The van der Waals surface area contributed by atoms with Crippen molar-refractivity contribution in [3.63, 3.8) is 0 Å². The maximum absolute atomic E-state index is 12.4. The first-order chi connectivity index (χ1) is 12.8. The fourth-order valence-corrected chi connectivity index (χ4v) is 2.38. The summed E-state index contributed by atoms with van der Waals surface area (Å²) in [4.78, 5) is 22.9. The van der Waals surface area contributed by atoms with Gasteiger partial charge in [-0.3, -0.25) is 4.79 Å². The van der Waals surface area contributed by atoms with Gasteiger partial charge in [0, 0.05) is 5.56 Å². The van der Waals surface area contributed by atoms with E-state index in [1.165, 1.54) is 0 Å². The maximum atomic E-state index is 12.4. The van der Waals surface area contributed by atoms with Crippen LogP contribution in [0, 0.1) is 0 Å². The van der Waals surface area contributed by atoms with E-state index >= 15 is 0 Å². The van der Waals surface area contributed by atoms with Crippen LogP contribution < -0.4 is 10.1 Å². The van der Waals surface area contributed by atoms with Gasteiger partial charge in [-0.05, 0) is 56.2 Å². The van der Waals surface area contributed by atoms with E-state index in [1.807, 2.05) is 32.9 Å². The second-order valence-electron chi connectivity index (χ2n) is 6.50. The molecule has 6 heteroatoms. The van der Waals surface area contributed by atoms with Crippen LogP contribution in [-0.4, -0.2) is 29.7 Å². The smallest absolute Gasteiger partial charge is 0.341 e. The van der Waals surface area contributed by atoms with Gasteiger partial charge < -0.3 is 19.9 Å². The fourth-order valence-electron chi connectivity index (χ4n) is 2.38. The van der Waals surface area contributed by atoms with Gasteiger partial charge in [-0.15, -0.1) is 0 Å². The first kappa shape index (κ1) is 20.5. The van der Waals surface area contributed by atoms with Gasteiger partial charge >= 0.3 is 5.97 Å². The molecular formula is C21H25NO5. The molecule has 0 aliphatic rings. The molecule has 27 heavy (non-hydrogen) atoms. The molecule has 0 saturated carbocycles. The van der Waals surface area contributed by atoms with Crippen LogP contribution in [0.2, 0.25) is 0 Å². The molecule has 0 aliphatic carbocycles. The van der Waals surface area contributed by atoms with Gasteiger partial charge in [0.1, 0.15) is 5.75 Å². The molecule has 144 valence electrons. The molecule has 2 rings (SSSR count). The molecule has 1 unspecified atom stereocenters. The van der Waals surface area contributed by atoms with Crippen LogP contribution in [0.15, 0.2) is 48.5 Å². The van der Waals surface area contributed by atoms with E-state index in [9.17, 15) is 9.59 Å². The Morgan fingerprint density at radius 2 is 1.63 bits per heavy atom. The number of carbonyl (C=O) groups excluding carboxylic acids is 1. The Balaban J connectivity index is 1.91. The van der Waals surface area contributed by atoms with Crippen molar-refractivity contribution in [1.29, 1.82) is 0 Å². The van der Waals surface area contributed by atoms with Gasteiger partial charge in [0.2, 0.25) is 0 Å². The standard InChI is InChI=1S/C21H25NO5/c1-14(2)26-12-16-4-6-18(7-5-16)21(25)22-15(3)17-8-10-19(11-9-17)27-13-20(23)24/h4-11,14-15H,12-13H2,1-3H3,(H,22,25)(H,23,24). The number of hydrogen-bond acceptors (Lipinski definition) is 4. The molecule has 0 aromatic heterocycles. The van der Waals surface area contributed by atoms with E-state index < -0.39 is 5.97 Å². The number of carboxylic acids is 1. The number of rotatable bonds is 9. The second-order valence-corrected chi connectivity index (χ2v) is 6.50. The quantitative estimate of drug-likeness (QED) is 0.704. The van der Waals surface area contributed by atoms with E-state index in [1.54, 1.807) is 36.4 Å². The fraction of sp³-hybridized carbons (Fsp3) is 0.333. The Labute approximate surface area is 159 Å². The summed E-state index contributed by atoms with van der Waals surface area (Å²) in [5, 5.41) is 11.6. The van der Waals surface area contributed by atoms with Crippen LogP contribution in [0.4, 0.5) is 0 Å². The second kappa shape index (κ2) is 9.73. The summed E-state index contributed by atoms with van der Waals surface area (Å²) in [6, 6.07) is 14.1. The number of benzene rings is 2. The maximum Gasteiger partial charge on any atom is 0.341 e. The average molecular weight is 371 g/mol. The third kappa shape index (κ3) is 6.75. The molecule has 6 nitrogen and oxygen atoms in total. The summed E-state index contributed by atoms with van der Waals surface area (Å²) in [5.74, 6) is -0.717. The van der Waals surface area contributed by atoms with Crippen molar-refractivity contribution >= 4 is 11.9 Å². The number of carbonyl (C=O) groups is 2. The van der Waals surface area contributed by atoms with Crippen LogP contribution in [-0.2, 0) is 16.1 Å². The van der Waals surface area contributed by atoms with Crippen LogP contribution >= 0.6 is 0 Å². The summed E-state index contributed by atoms with van der Waals surface area (Å²) < 4.78 is 10.6. The minimum Gasteiger partial charge on any atom is -0.482 e. The zero-order chi connectivity index (χ0) is 19.8. The molecule has 2 N–H and O–H groups in total. The minimum atomic E-state index is -1.03. The lowest BCUT2D eigenvalue weighted by Crippen LogP contribution is -2.26. The number of hydrogen-bond donors (Lipinski definition) is 2. The van der Waals surface area contributed by atoms with E-state index in [2.05, 4.69) is 5.32 Å². The van der Waals surface area contributed by atoms with E-state index in [4.69, 9.17) is 14.6 Å². The third-order valence-electron chi connectivity index (χ3n) is 3.89. The number of carboxylic acid groups (broad SMARTS) is 1. The van der Waals surface area contributed by atoms with Gasteiger partial charge in [0.15, 0.2) is 6.61 Å². The zero-order valence-corrected chi connectivity index (χ0v) is 15.8. The van der Waals surface area contributed by atoms with Crippen molar-refractivity contribution in [2.24, 2.45) is 0 Å². The minimum absolute atomic E-state index is 0.162. The molecule has 0 bridgehead atoms. The lowest BCUT2D eigenvalue weighted by atomic mass is 10.1. The summed E-state index contributed by atoms with van der Waals surface area (Å²) in [7, 11) is 0. The van der Waals surface area contributed by atoms with Gasteiger partial charge in [-0.25, -0.2) is 4.79 Å². The Kier molecular flexibility index (Phi) is 7.37. The topological polar surface area (TPSA) is 84.9 Å². The Morgan fingerprint density at radius 1 is 1.00 bits per heavy atom. The van der Waals surface area contributed by atoms with E-state index in [0.29, 0.717) is 17.9 Å². The highest BCUT2D eigenvalue weighted by Crippen LogP contribution is 2.18. The SMILES string of the molecule is CC(C)OCc1ccc(C(=O)NC(C)c2ccc(OCC(=O)O)cc2)cc1. The molecule has 1 atom stereocenters. The summed E-state index contributed by atoms with van der Waals surface area (Å²) in [5.41, 5.74) is 2.50. The molecule has 2 aromatic carbocycles. The summed E-state index contributed by atoms with van der Waals surface area (Å²) >= 11 is 0. The first-order valence-electron chi connectivity index (χ1n) is 8.81. The molecule has 0 radical (unpaired) electrons. The normalized spacial score (nSPS) is 11.9. The van der Waals surface area contributed by atoms with Crippen LogP contribution in [0.1, 0.15) is 48.3 Å². The highest BCUT2D eigenvalue weighted by Gasteiger charge is 2.12. The van der Waals surface area contributed by atoms with Crippen molar-refractivity contribution in [1.82, 2.24) is 5.32 Å². The molecule has 1 amide bonds. The molecule has 0 heterocycles. The predicted molar refractivity (Wildman–Crippen MR) is 102 cm³/mol. The molecule has 0 aliphatic heterocycles. The molecule has 2 aromatic rings. The van der Waals surface area contributed by atoms with Crippen molar-refractivity contribution < 1.29 is 24.2 Å². The average Bonchev–Trinajstić information content (AvgIpc) is 2.65. The lowest BCUT2D eigenvalue weighted by molar-refractivity contribution is -0.139. The van der Waals surface area contributed by atoms with Crippen LogP contribution in [0.25, 0.3) is 0 Å². The molecule has 0 fully saturated rings. The van der Waals surface area contributed by atoms with Gasteiger partial charge in [-0.2, -0.15) is 0 Å². The zero-order valence-electron chi connectivity index (χ0n) is 15.8. The Bertz CT molecular complexity index is 753. The van der Waals surface area contributed by atoms with Gasteiger partial charge in [0.05, 0.1) is 18.8 Å². The number of aliphatic carboxylic acids is 1. The van der Waals surface area contributed by atoms with Crippen LogP contribution in [0.5, 0.6) is 5.75 Å². The van der Waals surface area contributed by atoms with E-state index in [0.717, 1.165) is 11.1 Å². The Hall–Kier alpha value is -2.86. The first-order valence-corrected chi connectivity index (χ1v) is 8.81. The number of ether oxygens (including phenoxy) is 2. The number of nitrogens with one attached hydrogen (secondary N) is 1. The Morgan fingerprint density at radius 3 is 2.19 bits per heavy atom. The third-order valence-corrected chi connectivity index (χ3v) is 3.89. The summed E-state index contributed by atoms with van der Waals surface area (Å²) in [6.07, 6.45) is 0.162. The highest BCUT2D eigenvalue weighted by atomic mass is 16.5. The van der Waals surface area contributed by atoms with Crippen molar-refractivity contribution in [2.75, 3.05) is 6.61 Å². The lowest BCUT2D eigenvalue weighted by Gasteiger charge is -2.15. The molecule has 0 spiro atoms. The highest BCUT2D eigenvalue weighted by molar-refractivity contribution is 5.94. The van der Waals surface area contributed by atoms with Crippen LogP contribution in [0.3, 0.4) is 0 Å². The van der Waals surface area contributed by atoms with Gasteiger partial charge in [-0.1, -0.05) is 24.3 Å². The van der Waals surface area contributed by atoms with Crippen molar-refractivity contribution in [3.8, 4) is 5.75 Å². The van der Waals surface area contributed by atoms with Crippen molar-refractivity contribution in [3.05, 3.63) is 65.2 Å². The number of amides is 1. The summed E-state index contributed by atoms with van der Waals surface area (Å²) in [6.45, 7) is 5.98.